The molecule has 170 valence electrons. The topological polar surface area (TPSA) is 37.4 Å². The molecule has 2 unspecified atom stereocenters. The molecule has 0 N–H and O–H groups in total. The molecular weight excluding hydrogens is 425 g/mol. The van der Waals surface area contributed by atoms with Gasteiger partial charge in [0.1, 0.15) is 11.7 Å². The Morgan fingerprint density at radius 3 is 2.32 bits per heavy atom. The second kappa shape index (κ2) is 8.44. The van der Waals surface area contributed by atoms with E-state index in [4.69, 9.17) is 0 Å². The molecule has 1 aliphatic heterocycles. The van der Waals surface area contributed by atoms with E-state index in [1.807, 2.05) is 30.3 Å². The van der Waals surface area contributed by atoms with Crippen molar-refractivity contribution in [2.24, 2.45) is 0 Å². The fourth-order valence-electron chi connectivity index (χ4n) is 5.89. The molecule has 4 heteroatoms. The van der Waals surface area contributed by atoms with Crippen molar-refractivity contribution in [3.05, 3.63) is 95.3 Å². The number of carbonyl (C=O) groups excluding carboxylic acids is 2. The number of ketones is 2. The van der Waals surface area contributed by atoms with Crippen molar-refractivity contribution in [2.45, 2.75) is 31.1 Å². The number of fused-ring (bicyclic) bond motifs is 5. The molecule has 0 spiro atoms. The zero-order valence-electron chi connectivity index (χ0n) is 19.0. The number of benzene rings is 4. The normalized spacial score (nSPS) is 20.9. The largest absolute Gasteiger partial charge is 0.303 e. The molecule has 34 heavy (non-hydrogen) atoms. The third-order valence-electron chi connectivity index (χ3n) is 7.61. The van der Waals surface area contributed by atoms with E-state index in [0.29, 0.717) is 17.5 Å². The van der Waals surface area contributed by atoms with Gasteiger partial charge in [0.15, 0.2) is 11.6 Å². The van der Waals surface area contributed by atoms with Gasteiger partial charge in [0.05, 0.1) is 0 Å². The molecule has 1 saturated heterocycles. The molecule has 2 atom stereocenters. The lowest BCUT2D eigenvalue weighted by Gasteiger charge is -2.31. The summed E-state index contributed by atoms with van der Waals surface area (Å²) in [5.74, 6) is -1.86. The number of halogens is 1. The number of rotatable bonds is 4. The van der Waals surface area contributed by atoms with Gasteiger partial charge in [0.2, 0.25) is 0 Å². The Kier molecular flexibility index (Phi) is 5.26. The first-order chi connectivity index (χ1) is 16.6. The van der Waals surface area contributed by atoms with Crippen molar-refractivity contribution < 1.29 is 14.0 Å². The molecule has 0 aromatic heterocycles. The van der Waals surface area contributed by atoms with Gasteiger partial charge in [-0.2, -0.15) is 0 Å². The summed E-state index contributed by atoms with van der Waals surface area (Å²) in [6, 6.07) is 22.1. The maximum absolute atomic E-state index is 13.9. The van der Waals surface area contributed by atoms with E-state index in [1.165, 1.54) is 25.0 Å². The van der Waals surface area contributed by atoms with Crippen LogP contribution in [0.15, 0.2) is 72.8 Å². The average molecular weight is 452 g/mol. The van der Waals surface area contributed by atoms with Crippen LogP contribution in [0.3, 0.4) is 0 Å². The Labute approximate surface area is 198 Å². The average Bonchev–Trinajstić information content (AvgIpc) is 3.38. The van der Waals surface area contributed by atoms with Gasteiger partial charge in [0.25, 0.3) is 0 Å². The Morgan fingerprint density at radius 1 is 0.794 bits per heavy atom. The standard InChI is InChI=1S/C30H26FNO2/c31-21-10-7-20(8-11-21)27-29(33)26(15-18-32-16-3-4-17-32)25-14-13-23-22-6-2-1-5-19(22)9-12-24(23)28(25)30(27)34/h1-2,5-14,26-27H,3-4,15-18H2. The second-order valence-electron chi connectivity index (χ2n) is 9.55. The molecule has 0 bridgehead atoms. The summed E-state index contributed by atoms with van der Waals surface area (Å²) in [6.45, 7) is 2.98. The van der Waals surface area contributed by atoms with Crippen molar-refractivity contribution in [3.63, 3.8) is 0 Å². The Bertz CT molecular complexity index is 1420. The van der Waals surface area contributed by atoms with Crippen LogP contribution in [-0.4, -0.2) is 36.1 Å². The number of nitrogens with zero attached hydrogens (tertiary/aromatic N) is 1. The quantitative estimate of drug-likeness (QED) is 0.272. The van der Waals surface area contributed by atoms with Gasteiger partial charge in [-0.15, -0.1) is 0 Å². The van der Waals surface area contributed by atoms with Crippen molar-refractivity contribution in [2.75, 3.05) is 19.6 Å². The van der Waals surface area contributed by atoms with Crippen molar-refractivity contribution in [3.8, 4) is 0 Å². The lowest BCUT2D eigenvalue weighted by atomic mass is 9.70. The van der Waals surface area contributed by atoms with Gasteiger partial charge >= 0.3 is 0 Å². The monoisotopic (exact) mass is 451 g/mol. The summed E-state index contributed by atoms with van der Waals surface area (Å²) in [5.41, 5.74) is 2.07. The molecule has 6 rings (SSSR count). The minimum Gasteiger partial charge on any atom is -0.303 e. The van der Waals surface area contributed by atoms with E-state index < -0.39 is 5.92 Å². The number of hydrogen-bond acceptors (Lipinski definition) is 3. The molecule has 0 amide bonds. The fraction of sp³-hybridized carbons (Fsp3) is 0.267. The molecule has 2 aliphatic rings. The van der Waals surface area contributed by atoms with Crippen LogP contribution in [0.5, 0.6) is 0 Å². The first-order valence-electron chi connectivity index (χ1n) is 12.1. The molecule has 4 aromatic carbocycles. The SMILES string of the molecule is O=C1c2c(ccc3c2ccc2ccccc23)C(CCN2CCCC2)C(=O)C1c1ccc(F)cc1. The molecule has 1 aliphatic carbocycles. The van der Waals surface area contributed by atoms with E-state index in [-0.39, 0.29) is 23.3 Å². The highest BCUT2D eigenvalue weighted by Gasteiger charge is 2.42. The highest BCUT2D eigenvalue weighted by Crippen LogP contribution is 2.43. The van der Waals surface area contributed by atoms with Crippen LogP contribution >= 0.6 is 0 Å². The Balaban J connectivity index is 1.52. The number of Topliss-reactive ketones (excluding diaryl/α,β-unsaturated/α-hetero) is 2. The maximum Gasteiger partial charge on any atom is 0.178 e. The maximum atomic E-state index is 13.9. The zero-order valence-corrected chi connectivity index (χ0v) is 19.0. The molecule has 0 saturated carbocycles. The summed E-state index contributed by atoms with van der Waals surface area (Å²) in [7, 11) is 0. The Morgan fingerprint density at radius 2 is 1.53 bits per heavy atom. The number of hydrogen-bond donors (Lipinski definition) is 0. The van der Waals surface area contributed by atoms with Crippen molar-refractivity contribution in [1.82, 2.24) is 4.90 Å². The van der Waals surface area contributed by atoms with Gasteiger partial charge in [-0.05, 0) is 83.7 Å². The molecule has 0 radical (unpaired) electrons. The summed E-state index contributed by atoms with van der Waals surface area (Å²) in [6.07, 6.45) is 3.09. The van der Waals surface area contributed by atoms with Gasteiger partial charge in [0, 0.05) is 11.5 Å². The van der Waals surface area contributed by atoms with Crippen LogP contribution in [0.2, 0.25) is 0 Å². The first kappa shape index (κ1) is 21.2. The third kappa shape index (κ3) is 3.45. The van der Waals surface area contributed by atoms with Crippen LogP contribution in [0.4, 0.5) is 4.39 Å². The molecule has 1 heterocycles. The van der Waals surface area contributed by atoms with E-state index in [1.54, 1.807) is 12.1 Å². The van der Waals surface area contributed by atoms with E-state index in [2.05, 4.69) is 23.1 Å². The van der Waals surface area contributed by atoms with Crippen LogP contribution in [-0.2, 0) is 4.79 Å². The zero-order chi connectivity index (χ0) is 23.2. The molecule has 1 fully saturated rings. The second-order valence-corrected chi connectivity index (χ2v) is 9.55. The summed E-state index contributed by atoms with van der Waals surface area (Å²) >= 11 is 0. The predicted molar refractivity (Wildman–Crippen MR) is 133 cm³/mol. The van der Waals surface area contributed by atoms with Gasteiger partial charge in [-0.3, -0.25) is 9.59 Å². The number of likely N-dealkylation sites (tertiary alicyclic amines) is 1. The molecule has 4 aromatic rings. The van der Waals surface area contributed by atoms with Gasteiger partial charge < -0.3 is 4.90 Å². The smallest absolute Gasteiger partial charge is 0.178 e. The highest BCUT2D eigenvalue weighted by molar-refractivity contribution is 6.26. The van der Waals surface area contributed by atoms with Crippen LogP contribution in [0, 0.1) is 5.82 Å². The Hall–Kier alpha value is -3.37. The lowest BCUT2D eigenvalue weighted by molar-refractivity contribution is -0.121. The predicted octanol–water partition coefficient (Wildman–Crippen LogP) is 6.25. The van der Waals surface area contributed by atoms with Crippen LogP contribution in [0.25, 0.3) is 21.5 Å². The van der Waals surface area contributed by atoms with Crippen molar-refractivity contribution in [1.29, 1.82) is 0 Å². The fourth-order valence-corrected chi connectivity index (χ4v) is 5.89. The van der Waals surface area contributed by atoms with Crippen molar-refractivity contribution >= 4 is 33.1 Å². The molecular formula is C30H26FNO2. The first-order valence-corrected chi connectivity index (χ1v) is 12.1. The number of carbonyl (C=O) groups is 2. The minimum atomic E-state index is -0.895. The van der Waals surface area contributed by atoms with Gasteiger partial charge in [-0.25, -0.2) is 4.39 Å². The van der Waals surface area contributed by atoms with Gasteiger partial charge in [-0.1, -0.05) is 60.7 Å². The van der Waals surface area contributed by atoms with E-state index >= 15 is 0 Å². The summed E-state index contributed by atoms with van der Waals surface area (Å²) in [5, 5.41) is 4.14. The molecule has 3 nitrogen and oxygen atoms in total. The third-order valence-corrected chi connectivity index (χ3v) is 7.61. The minimum absolute atomic E-state index is 0.0663. The summed E-state index contributed by atoms with van der Waals surface area (Å²) in [4.78, 5) is 30.2. The van der Waals surface area contributed by atoms with Crippen LogP contribution < -0.4 is 0 Å². The van der Waals surface area contributed by atoms with E-state index in [9.17, 15) is 14.0 Å². The lowest BCUT2D eigenvalue weighted by Crippen LogP contribution is -2.35. The van der Waals surface area contributed by atoms with E-state index in [0.717, 1.165) is 46.7 Å². The highest BCUT2D eigenvalue weighted by atomic mass is 19.1. The summed E-state index contributed by atoms with van der Waals surface area (Å²) < 4.78 is 13.6. The van der Waals surface area contributed by atoms with Crippen LogP contribution in [0.1, 0.15) is 52.6 Å².